The van der Waals surface area contributed by atoms with Crippen LogP contribution in [0, 0.1) is 24.3 Å². The van der Waals surface area contributed by atoms with Crippen LogP contribution in [-0.4, -0.2) is 10.9 Å². The average molecular weight is 410 g/mol. The van der Waals surface area contributed by atoms with Crippen LogP contribution in [0.15, 0.2) is 42.9 Å². The monoisotopic (exact) mass is 410 g/mol. The summed E-state index contributed by atoms with van der Waals surface area (Å²) in [6.07, 6.45) is 1.64. The molecule has 1 aromatic carbocycles. The average Bonchev–Trinajstić information content (AvgIpc) is 2.46. The molecular weight excluding hydrogens is 394 g/mol. The van der Waals surface area contributed by atoms with E-state index in [9.17, 15) is 9.18 Å². The number of carbonyl (C=O) groups excluding carboxylic acids is 1. The van der Waals surface area contributed by atoms with Crippen molar-refractivity contribution in [3.63, 3.8) is 0 Å². The predicted octanol–water partition coefficient (Wildman–Crippen LogP) is 4.76. The van der Waals surface area contributed by atoms with Gasteiger partial charge in [0.1, 0.15) is 5.82 Å². The zero-order chi connectivity index (χ0) is 16.4. The third-order valence-corrected chi connectivity index (χ3v) is 4.44. The number of rotatable bonds is 3. The Morgan fingerprint density at radius 1 is 1.23 bits per heavy atom. The molecule has 0 saturated carbocycles. The summed E-state index contributed by atoms with van der Waals surface area (Å²) < 4.78 is 14.6. The number of nitrogens with zero attached hydrogens (tertiary/aromatic N) is 2. The molecule has 114 valence electrons. The van der Waals surface area contributed by atoms with Crippen molar-refractivity contribution in [3.05, 3.63) is 63.1 Å². The van der Waals surface area contributed by atoms with Crippen LogP contribution < -0.4 is 4.90 Å². The molecule has 0 fully saturated rings. The number of hydrogen-bond donors (Lipinski definition) is 0. The highest BCUT2D eigenvalue weighted by atomic mass is 127. The standard InChI is InChI=1S/C17H16FIN2O/c1-10-5-6-16(20-9-10)21(17(22)13(4)18)15-8-11(2)14(19)7-12(15)3/h5-9H,4H2,1-3H3. The highest BCUT2D eigenvalue weighted by Gasteiger charge is 2.24. The second kappa shape index (κ2) is 6.56. The smallest absolute Gasteiger partial charge is 0.266 e. The normalized spacial score (nSPS) is 10.4. The highest BCUT2D eigenvalue weighted by molar-refractivity contribution is 14.1. The van der Waals surface area contributed by atoms with E-state index in [1.54, 1.807) is 12.3 Å². The summed E-state index contributed by atoms with van der Waals surface area (Å²) >= 11 is 2.23. The van der Waals surface area contributed by atoms with Gasteiger partial charge in [-0.25, -0.2) is 9.37 Å². The van der Waals surface area contributed by atoms with E-state index < -0.39 is 11.7 Å². The fraction of sp³-hybridized carbons (Fsp3) is 0.176. The minimum absolute atomic E-state index is 0.373. The van der Waals surface area contributed by atoms with Crippen molar-refractivity contribution in [1.82, 2.24) is 4.98 Å². The summed E-state index contributed by atoms with van der Waals surface area (Å²) in [6, 6.07) is 7.35. The second-order valence-electron chi connectivity index (χ2n) is 5.13. The Labute approximate surface area is 143 Å². The lowest BCUT2D eigenvalue weighted by Crippen LogP contribution is -2.27. The lowest BCUT2D eigenvalue weighted by molar-refractivity contribution is -0.115. The summed E-state index contributed by atoms with van der Waals surface area (Å²) in [4.78, 5) is 17.8. The number of benzene rings is 1. The van der Waals surface area contributed by atoms with Crippen molar-refractivity contribution in [2.75, 3.05) is 4.90 Å². The summed E-state index contributed by atoms with van der Waals surface area (Å²) in [5, 5.41) is 0. The molecule has 0 radical (unpaired) electrons. The molecule has 3 nitrogen and oxygen atoms in total. The Kier molecular flexibility index (Phi) is 4.95. The molecule has 2 aromatic rings. The van der Waals surface area contributed by atoms with E-state index in [1.807, 2.05) is 39.0 Å². The number of amides is 1. The lowest BCUT2D eigenvalue weighted by Gasteiger charge is -2.23. The third kappa shape index (κ3) is 3.35. The Balaban J connectivity index is 2.64. The van der Waals surface area contributed by atoms with Crippen LogP contribution in [-0.2, 0) is 4.79 Å². The molecule has 0 aliphatic heterocycles. The second-order valence-corrected chi connectivity index (χ2v) is 6.29. The van der Waals surface area contributed by atoms with Gasteiger partial charge >= 0.3 is 0 Å². The maximum atomic E-state index is 13.5. The van der Waals surface area contributed by atoms with Gasteiger partial charge in [0.25, 0.3) is 5.91 Å². The third-order valence-electron chi connectivity index (χ3n) is 3.28. The van der Waals surface area contributed by atoms with Crippen LogP contribution in [0.2, 0.25) is 0 Å². The van der Waals surface area contributed by atoms with E-state index in [0.29, 0.717) is 11.5 Å². The van der Waals surface area contributed by atoms with Gasteiger partial charge in [0.05, 0.1) is 5.69 Å². The molecule has 0 aliphatic carbocycles. The number of hydrogen-bond acceptors (Lipinski definition) is 2. The molecule has 1 aromatic heterocycles. The van der Waals surface area contributed by atoms with Crippen molar-refractivity contribution in [1.29, 1.82) is 0 Å². The number of halogens is 2. The van der Waals surface area contributed by atoms with Crippen LogP contribution in [0.5, 0.6) is 0 Å². The molecule has 0 N–H and O–H groups in total. The first-order valence-electron chi connectivity index (χ1n) is 6.69. The van der Waals surface area contributed by atoms with E-state index in [1.165, 1.54) is 4.90 Å². The largest absolute Gasteiger partial charge is 0.292 e. The number of aryl methyl sites for hydroxylation is 3. The number of carbonyl (C=O) groups is 1. The lowest BCUT2D eigenvalue weighted by atomic mass is 10.1. The van der Waals surface area contributed by atoms with Gasteiger partial charge in [-0.3, -0.25) is 9.69 Å². The first kappa shape index (κ1) is 16.6. The Hall–Kier alpha value is -1.76. The molecule has 1 amide bonds. The fourth-order valence-corrected chi connectivity index (χ4v) is 2.68. The summed E-state index contributed by atoms with van der Waals surface area (Å²) in [6.45, 7) is 8.85. The van der Waals surface area contributed by atoms with E-state index in [4.69, 9.17) is 0 Å². The summed E-state index contributed by atoms with van der Waals surface area (Å²) in [5.41, 5.74) is 3.45. The quantitative estimate of drug-likeness (QED) is 0.540. The molecule has 0 atom stereocenters. The molecule has 0 bridgehead atoms. The topological polar surface area (TPSA) is 33.2 Å². The fourth-order valence-electron chi connectivity index (χ4n) is 2.06. The molecule has 22 heavy (non-hydrogen) atoms. The van der Waals surface area contributed by atoms with Crippen molar-refractivity contribution in [2.45, 2.75) is 20.8 Å². The number of pyridine rings is 1. The zero-order valence-electron chi connectivity index (χ0n) is 12.7. The zero-order valence-corrected chi connectivity index (χ0v) is 14.8. The predicted molar refractivity (Wildman–Crippen MR) is 95.0 cm³/mol. The number of aromatic nitrogens is 1. The summed E-state index contributed by atoms with van der Waals surface area (Å²) in [7, 11) is 0. The van der Waals surface area contributed by atoms with Crippen molar-refractivity contribution < 1.29 is 9.18 Å². The van der Waals surface area contributed by atoms with Crippen LogP contribution in [0.25, 0.3) is 0 Å². The SMILES string of the molecule is C=C(F)C(=O)N(c1ccc(C)cn1)c1cc(C)c(I)cc1C. The van der Waals surface area contributed by atoms with Crippen LogP contribution in [0.1, 0.15) is 16.7 Å². The van der Waals surface area contributed by atoms with Gasteiger partial charge in [-0.1, -0.05) is 12.6 Å². The van der Waals surface area contributed by atoms with E-state index in [2.05, 4.69) is 34.2 Å². The van der Waals surface area contributed by atoms with Gasteiger partial charge in [0.2, 0.25) is 0 Å². The maximum Gasteiger partial charge on any atom is 0.292 e. The van der Waals surface area contributed by atoms with E-state index >= 15 is 0 Å². The molecule has 1 heterocycles. The Morgan fingerprint density at radius 2 is 1.91 bits per heavy atom. The Morgan fingerprint density at radius 3 is 2.45 bits per heavy atom. The summed E-state index contributed by atoms with van der Waals surface area (Å²) in [5.74, 6) is -1.45. The maximum absolute atomic E-state index is 13.5. The minimum atomic E-state index is -1.02. The molecule has 0 aliphatic rings. The van der Waals surface area contributed by atoms with Crippen LogP contribution >= 0.6 is 22.6 Å². The van der Waals surface area contributed by atoms with E-state index in [-0.39, 0.29) is 0 Å². The van der Waals surface area contributed by atoms with Crippen LogP contribution in [0.4, 0.5) is 15.9 Å². The van der Waals surface area contributed by atoms with Crippen molar-refractivity contribution in [2.24, 2.45) is 0 Å². The van der Waals surface area contributed by atoms with Gasteiger partial charge in [-0.2, -0.15) is 0 Å². The van der Waals surface area contributed by atoms with Crippen molar-refractivity contribution >= 4 is 40.0 Å². The van der Waals surface area contributed by atoms with Gasteiger partial charge in [0.15, 0.2) is 5.83 Å². The molecule has 0 unspecified atom stereocenters. The molecular formula is C17H16FIN2O. The molecule has 2 rings (SSSR count). The highest BCUT2D eigenvalue weighted by Crippen LogP contribution is 2.31. The van der Waals surface area contributed by atoms with Gasteiger partial charge < -0.3 is 0 Å². The first-order valence-corrected chi connectivity index (χ1v) is 7.77. The minimum Gasteiger partial charge on any atom is -0.266 e. The van der Waals surface area contributed by atoms with Crippen molar-refractivity contribution in [3.8, 4) is 0 Å². The van der Waals surface area contributed by atoms with E-state index in [0.717, 1.165) is 20.3 Å². The first-order chi connectivity index (χ1) is 10.3. The number of anilines is 2. The van der Waals surface area contributed by atoms with Gasteiger partial charge in [-0.05, 0) is 78.3 Å². The van der Waals surface area contributed by atoms with Crippen LogP contribution in [0.3, 0.4) is 0 Å². The van der Waals surface area contributed by atoms with Gasteiger partial charge in [-0.15, -0.1) is 0 Å². The van der Waals surface area contributed by atoms with Gasteiger partial charge in [0, 0.05) is 9.77 Å². The molecule has 0 spiro atoms. The molecule has 0 saturated heterocycles. The molecule has 5 heteroatoms. The Bertz CT molecular complexity index is 741.